The number of imidazole rings is 1. The molecule has 4 nitrogen and oxygen atoms in total. The van der Waals surface area contributed by atoms with Crippen LogP contribution in [-0.4, -0.2) is 33.2 Å². The maximum atomic E-state index is 12.5. The third kappa shape index (κ3) is 2.43. The monoisotopic (exact) mass is 255 g/mol. The van der Waals surface area contributed by atoms with Crippen LogP contribution in [0.2, 0.25) is 0 Å². The summed E-state index contributed by atoms with van der Waals surface area (Å²) in [5.74, 6) is 0. The second-order valence-electron chi connectivity index (χ2n) is 4.57. The number of nitrogens with one attached hydrogen (secondary N) is 1. The molecule has 2 N–H and O–H groups in total. The third-order valence-electron chi connectivity index (χ3n) is 2.85. The van der Waals surface area contributed by atoms with E-state index >= 15 is 0 Å². The van der Waals surface area contributed by atoms with Gasteiger partial charge in [0.15, 0.2) is 0 Å². The highest BCUT2D eigenvalue weighted by atomic mass is 19.3. The van der Waals surface area contributed by atoms with Crippen molar-refractivity contribution in [3.8, 4) is 0 Å². The van der Waals surface area contributed by atoms with E-state index in [2.05, 4.69) is 10.3 Å². The molecule has 1 aromatic heterocycles. The fourth-order valence-electron chi connectivity index (χ4n) is 1.60. The zero-order valence-corrected chi connectivity index (χ0v) is 10.2. The zero-order chi connectivity index (χ0) is 13.3. The van der Waals surface area contributed by atoms with Crippen LogP contribution in [0.5, 0.6) is 0 Å². The lowest BCUT2D eigenvalue weighted by Crippen LogP contribution is -2.40. The molecule has 0 fully saturated rings. The summed E-state index contributed by atoms with van der Waals surface area (Å²) in [5, 5.41) is 12.2. The van der Waals surface area contributed by atoms with Crippen molar-refractivity contribution in [3.05, 3.63) is 24.5 Å². The van der Waals surface area contributed by atoms with Gasteiger partial charge in [0.25, 0.3) is 6.43 Å². The summed E-state index contributed by atoms with van der Waals surface area (Å²) >= 11 is 0. The third-order valence-corrected chi connectivity index (χ3v) is 2.85. The van der Waals surface area contributed by atoms with Crippen molar-refractivity contribution in [1.82, 2.24) is 9.55 Å². The first-order valence-electron chi connectivity index (χ1n) is 5.55. The van der Waals surface area contributed by atoms with Crippen molar-refractivity contribution in [3.63, 3.8) is 0 Å². The molecule has 1 heterocycles. The smallest absolute Gasteiger partial charge is 0.268 e. The van der Waals surface area contributed by atoms with E-state index in [-0.39, 0.29) is 6.54 Å². The van der Waals surface area contributed by atoms with Crippen LogP contribution in [0.4, 0.5) is 14.5 Å². The summed E-state index contributed by atoms with van der Waals surface area (Å²) in [7, 11) is 1.88. The fourth-order valence-corrected chi connectivity index (χ4v) is 1.60. The Balaban J connectivity index is 2.13. The minimum Gasteiger partial charge on any atom is -0.382 e. The van der Waals surface area contributed by atoms with Crippen LogP contribution in [-0.2, 0) is 7.05 Å². The molecule has 0 aliphatic rings. The molecular weight excluding hydrogens is 240 g/mol. The highest BCUT2D eigenvalue weighted by molar-refractivity contribution is 5.79. The Bertz CT molecular complexity index is 551. The Kier molecular flexibility index (Phi) is 3.21. The molecule has 0 radical (unpaired) electrons. The van der Waals surface area contributed by atoms with Gasteiger partial charge in [-0.05, 0) is 25.1 Å². The predicted molar refractivity (Wildman–Crippen MR) is 65.8 cm³/mol. The molecular formula is C12H15F2N3O. The topological polar surface area (TPSA) is 50.1 Å². The van der Waals surface area contributed by atoms with Gasteiger partial charge in [-0.15, -0.1) is 0 Å². The van der Waals surface area contributed by atoms with E-state index < -0.39 is 12.0 Å². The summed E-state index contributed by atoms with van der Waals surface area (Å²) in [6, 6.07) is 5.38. The molecule has 98 valence electrons. The molecule has 0 saturated heterocycles. The Hall–Kier alpha value is -1.69. The lowest BCUT2D eigenvalue weighted by Gasteiger charge is -2.23. The van der Waals surface area contributed by atoms with Crippen molar-refractivity contribution in [2.24, 2.45) is 7.05 Å². The van der Waals surface area contributed by atoms with E-state index in [1.807, 2.05) is 17.7 Å². The molecule has 0 aliphatic heterocycles. The Morgan fingerprint density at radius 2 is 2.22 bits per heavy atom. The van der Waals surface area contributed by atoms with E-state index in [1.54, 1.807) is 18.5 Å². The number of hydrogen-bond donors (Lipinski definition) is 2. The average Bonchev–Trinajstić information content (AvgIpc) is 2.68. The lowest BCUT2D eigenvalue weighted by molar-refractivity contribution is -0.0732. The highest BCUT2D eigenvalue weighted by Gasteiger charge is 2.31. The minimum atomic E-state index is -2.79. The zero-order valence-electron chi connectivity index (χ0n) is 10.2. The molecule has 18 heavy (non-hydrogen) atoms. The molecule has 0 saturated carbocycles. The van der Waals surface area contributed by atoms with Gasteiger partial charge in [-0.3, -0.25) is 0 Å². The average molecular weight is 255 g/mol. The van der Waals surface area contributed by atoms with Crippen LogP contribution < -0.4 is 5.32 Å². The quantitative estimate of drug-likeness (QED) is 0.878. The van der Waals surface area contributed by atoms with Crippen LogP contribution in [0, 0.1) is 0 Å². The van der Waals surface area contributed by atoms with Crippen molar-refractivity contribution in [2.75, 3.05) is 11.9 Å². The van der Waals surface area contributed by atoms with Crippen LogP contribution in [0.3, 0.4) is 0 Å². The molecule has 2 rings (SSSR count). The number of aromatic nitrogens is 2. The number of hydrogen-bond acceptors (Lipinski definition) is 3. The SMILES string of the molecule is Cn1cnc2cc(NCC(C)(O)C(F)F)ccc21. The molecule has 2 aromatic rings. The van der Waals surface area contributed by atoms with Crippen LogP contribution in [0.15, 0.2) is 24.5 Å². The Labute approximate surface area is 103 Å². The van der Waals surface area contributed by atoms with Crippen molar-refractivity contribution in [2.45, 2.75) is 19.0 Å². The Morgan fingerprint density at radius 1 is 1.50 bits per heavy atom. The second-order valence-corrected chi connectivity index (χ2v) is 4.57. The standard InChI is InChI=1S/C12H15F2N3O/c1-12(18,11(13)14)6-15-8-3-4-10-9(5-8)16-7-17(10)2/h3-5,7,11,15,18H,6H2,1-2H3. The first kappa shape index (κ1) is 12.8. The fraction of sp³-hybridized carbons (Fsp3) is 0.417. The molecule has 1 aromatic carbocycles. The number of aliphatic hydroxyl groups is 1. The summed E-state index contributed by atoms with van der Waals surface area (Å²) in [5.41, 5.74) is 0.349. The van der Waals surface area contributed by atoms with Crippen LogP contribution >= 0.6 is 0 Å². The van der Waals surface area contributed by atoms with Gasteiger partial charge < -0.3 is 15.0 Å². The van der Waals surface area contributed by atoms with E-state index in [0.717, 1.165) is 18.0 Å². The first-order valence-corrected chi connectivity index (χ1v) is 5.55. The summed E-state index contributed by atoms with van der Waals surface area (Å²) in [6.45, 7) is 0.882. The predicted octanol–water partition coefficient (Wildman–Crippen LogP) is 2.00. The van der Waals surface area contributed by atoms with Crippen molar-refractivity contribution in [1.29, 1.82) is 0 Å². The summed E-state index contributed by atoms with van der Waals surface area (Å²) in [6.07, 6.45) is -1.10. The molecule has 1 unspecified atom stereocenters. The summed E-state index contributed by atoms with van der Waals surface area (Å²) in [4.78, 5) is 4.17. The van der Waals surface area contributed by atoms with E-state index in [9.17, 15) is 13.9 Å². The number of halogens is 2. The number of nitrogens with zero attached hydrogens (tertiary/aromatic N) is 2. The Morgan fingerprint density at radius 3 is 2.89 bits per heavy atom. The molecule has 0 spiro atoms. The van der Waals surface area contributed by atoms with Gasteiger partial charge in [-0.2, -0.15) is 0 Å². The van der Waals surface area contributed by atoms with E-state index in [4.69, 9.17) is 0 Å². The normalized spacial score (nSPS) is 15.0. The number of anilines is 1. The van der Waals surface area contributed by atoms with Gasteiger partial charge >= 0.3 is 0 Å². The first-order chi connectivity index (χ1) is 8.40. The summed E-state index contributed by atoms with van der Waals surface area (Å²) < 4.78 is 26.8. The lowest BCUT2D eigenvalue weighted by atomic mass is 10.1. The van der Waals surface area contributed by atoms with Gasteiger partial charge in [0.05, 0.1) is 17.4 Å². The maximum absolute atomic E-state index is 12.5. The van der Waals surface area contributed by atoms with Crippen LogP contribution in [0.1, 0.15) is 6.92 Å². The van der Waals surface area contributed by atoms with Crippen molar-refractivity contribution >= 4 is 16.7 Å². The van der Waals surface area contributed by atoms with Gasteiger partial charge in [0.2, 0.25) is 0 Å². The number of benzene rings is 1. The highest BCUT2D eigenvalue weighted by Crippen LogP contribution is 2.20. The second kappa shape index (κ2) is 4.53. The van der Waals surface area contributed by atoms with Gasteiger partial charge in [0.1, 0.15) is 5.60 Å². The number of fused-ring (bicyclic) bond motifs is 1. The number of rotatable bonds is 4. The molecule has 0 aliphatic carbocycles. The van der Waals surface area contributed by atoms with Crippen LogP contribution in [0.25, 0.3) is 11.0 Å². The minimum absolute atomic E-state index is 0.219. The molecule has 0 bridgehead atoms. The molecule has 6 heteroatoms. The molecule has 1 atom stereocenters. The van der Waals surface area contributed by atoms with Gasteiger partial charge in [-0.25, -0.2) is 13.8 Å². The van der Waals surface area contributed by atoms with E-state index in [1.165, 1.54) is 0 Å². The molecule has 0 amide bonds. The maximum Gasteiger partial charge on any atom is 0.268 e. The number of aryl methyl sites for hydroxylation is 1. The number of alkyl halides is 2. The van der Waals surface area contributed by atoms with Crippen molar-refractivity contribution < 1.29 is 13.9 Å². The largest absolute Gasteiger partial charge is 0.382 e. The van der Waals surface area contributed by atoms with Gasteiger partial charge in [-0.1, -0.05) is 0 Å². The van der Waals surface area contributed by atoms with Gasteiger partial charge in [0, 0.05) is 19.3 Å². The van der Waals surface area contributed by atoms with E-state index in [0.29, 0.717) is 5.69 Å².